The molecular formula is C21H27NO3. The van der Waals surface area contributed by atoms with Crippen LogP contribution in [0.5, 0.6) is 11.5 Å². The molecule has 0 aliphatic rings. The Balaban J connectivity index is 2.00. The van der Waals surface area contributed by atoms with Crippen LogP contribution in [0.25, 0.3) is 0 Å². The smallest absolute Gasteiger partial charge is 0.261 e. The predicted molar refractivity (Wildman–Crippen MR) is 100 cm³/mol. The number of methoxy groups -OCH3 is 1. The van der Waals surface area contributed by atoms with Gasteiger partial charge in [0.1, 0.15) is 11.5 Å². The van der Waals surface area contributed by atoms with Gasteiger partial charge in [-0.1, -0.05) is 44.2 Å². The zero-order valence-electron chi connectivity index (χ0n) is 15.6. The summed E-state index contributed by atoms with van der Waals surface area (Å²) < 4.78 is 11.1. The van der Waals surface area contributed by atoms with Crippen LogP contribution in [-0.2, 0) is 4.79 Å². The maximum atomic E-state index is 12.5. The highest BCUT2D eigenvalue weighted by Gasteiger charge is 2.19. The van der Waals surface area contributed by atoms with Gasteiger partial charge in [-0.25, -0.2) is 0 Å². The lowest BCUT2D eigenvalue weighted by molar-refractivity contribution is -0.127. The molecule has 0 aromatic heterocycles. The first-order valence-electron chi connectivity index (χ1n) is 8.62. The molecule has 1 amide bonds. The monoisotopic (exact) mass is 341 g/mol. The number of ether oxygens (including phenoxy) is 2. The maximum Gasteiger partial charge on any atom is 0.261 e. The summed E-state index contributed by atoms with van der Waals surface area (Å²) in [5.41, 5.74) is 2.12. The molecule has 0 aliphatic carbocycles. The van der Waals surface area contributed by atoms with Crippen molar-refractivity contribution < 1.29 is 14.3 Å². The lowest BCUT2D eigenvalue weighted by Gasteiger charge is -2.21. The Kier molecular flexibility index (Phi) is 6.45. The number of nitrogens with one attached hydrogen (secondary N) is 1. The number of benzene rings is 2. The van der Waals surface area contributed by atoms with Gasteiger partial charge in [-0.2, -0.15) is 0 Å². The van der Waals surface area contributed by atoms with E-state index in [0.29, 0.717) is 5.92 Å². The molecule has 2 aromatic carbocycles. The molecule has 2 rings (SSSR count). The summed E-state index contributed by atoms with van der Waals surface area (Å²) in [5.74, 6) is 1.76. The van der Waals surface area contributed by atoms with Crippen LogP contribution in [0.1, 0.15) is 50.8 Å². The Hall–Kier alpha value is -2.49. The summed E-state index contributed by atoms with van der Waals surface area (Å²) in [6, 6.07) is 15.4. The molecule has 0 heterocycles. The second-order valence-electron chi connectivity index (χ2n) is 6.46. The van der Waals surface area contributed by atoms with Crippen molar-refractivity contribution in [2.24, 2.45) is 0 Å². The molecule has 134 valence electrons. The fourth-order valence-corrected chi connectivity index (χ4v) is 2.62. The highest BCUT2D eigenvalue weighted by atomic mass is 16.5. The van der Waals surface area contributed by atoms with Crippen LogP contribution in [0.4, 0.5) is 0 Å². The second-order valence-corrected chi connectivity index (χ2v) is 6.46. The molecule has 2 atom stereocenters. The van der Waals surface area contributed by atoms with E-state index >= 15 is 0 Å². The number of hydrogen-bond acceptors (Lipinski definition) is 3. The molecule has 0 spiro atoms. The van der Waals surface area contributed by atoms with Crippen molar-refractivity contribution in [3.05, 3.63) is 59.7 Å². The summed E-state index contributed by atoms with van der Waals surface area (Å²) in [7, 11) is 1.63. The second kappa shape index (κ2) is 8.56. The van der Waals surface area contributed by atoms with Crippen LogP contribution in [0.3, 0.4) is 0 Å². The van der Waals surface area contributed by atoms with Crippen LogP contribution in [-0.4, -0.2) is 19.1 Å². The van der Waals surface area contributed by atoms with Gasteiger partial charge in [-0.3, -0.25) is 4.79 Å². The largest absolute Gasteiger partial charge is 0.497 e. The van der Waals surface area contributed by atoms with Gasteiger partial charge >= 0.3 is 0 Å². The Bertz CT molecular complexity index is 695. The van der Waals surface area contributed by atoms with Gasteiger partial charge in [-0.05, 0) is 49.1 Å². The molecular weight excluding hydrogens is 314 g/mol. The first-order valence-corrected chi connectivity index (χ1v) is 8.62. The molecule has 0 saturated carbocycles. The summed E-state index contributed by atoms with van der Waals surface area (Å²) >= 11 is 0. The van der Waals surface area contributed by atoms with Crippen LogP contribution in [0.2, 0.25) is 0 Å². The number of rotatable bonds is 7. The van der Waals surface area contributed by atoms with E-state index in [2.05, 4.69) is 19.2 Å². The minimum atomic E-state index is -0.569. The number of carbonyl (C=O) groups is 1. The zero-order chi connectivity index (χ0) is 18.4. The van der Waals surface area contributed by atoms with Gasteiger partial charge in [0.2, 0.25) is 0 Å². The zero-order valence-corrected chi connectivity index (χ0v) is 15.6. The van der Waals surface area contributed by atoms with Crippen LogP contribution >= 0.6 is 0 Å². The van der Waals surface area contributed by atoms with Crippen molar-refractivity contribution in [3.8, 4) is 11.5 Å². The van der Waals surface area contributed by atoms with Crippen molar-refractivity contribution in [3.63, 3.8) is 0 Å². The first kappa shape index (κ1) is 18.8. The molecule has 4 nitrogen and oxygen atoms in total. The maximum absolute atomic E-state index is 12.5. The Morgan fingerprint density at radius 3 is 2.20 bits per heavy atom. The summed E-state index contributed by atoms with van der Waals surface area (Å²) in [4.78, 5) is 12.5. The van der Waals surface area contributed by atoms with Crippen molar-refractivity contribution in [2.75, 3.05) is 7.11 Å². The van der Waals surface area contributed by atoms with Gasteiger partial charge in [-0.15, -0.1) is 0 Å². The normalized spacial score (nSPS) is 13.2. The molecule has 1 N–H and O–H groups in total. The number of amides is 1. The summed E-state index contributed by atoms with van der Waals surface area (Å²) in [6.07, 6.45) is -0.569. The average molecular weight is 341 g/mol. The van der Waals surface area contributed by atoms with Gasteiger partial charge in [0.05, 0.1) is 13.2 Å². The fraction of sp³-hybridized carbons (Fsp3) is 0.381. The van der Waals surface area contributed by atoms with Crippen LogP contribution in [0.15, 0.2) is 48.5 Å². The minimum absolute atomic E-state index is 0.107. The molecule has 0 bridgehead atoms. The van der Waals surface area contributed by atoms with E-state index in [-0.39, 0.29) is 11.9 Å². The third-order valence-electron chi connectivity index (χ3n) is 4.19. The van der Waals surface area contributed by atoms with Gasteiger partial charge in [0.25, 0.3) is 5.91 Å². The highest BCUT2D eigenvalue weighted by molar-refractivity contribution is 5.81. The number of para-hydroxylation sites is 1. The van der Waals surface area contributed by atoms with Gasteiger partial charge < -0.3 is 14.8 Å². The standard InChI is InChI=1S/C21H27NO3/c1-14(2)19-8-6-7-9-20(19)25-16(4)21(23)22-15(3)17-10-12-18(24-5)13-11-17/h6-16H,1-5H3,(H,22,23)/t15-,16+/m1/s1. The molecule has 0 aliphatic heterocycles. The van der Waals surface area contributed by atoms with Crippen molar-refractivity contribution in [1.29, 1.82) is 0 Å². The molecule has 4 heteroatoms. The lowest BCUT2D eigenvalue weighted by Crippen LogP contribution is -2.37. The van der Waals surface area contributed by atoms with Crippen LogP contribution in [0, 0.1) is 0 Å². The quantitative estimate of drug-likeness (QED) is 0.808. The minimum Gasteiger partial charge on any atom is -0.497 e. The third-order valence-corrected chi connectivity index (χ3v) is 4.19. The lowest BCUT2D eigenvalue weighted by atomic mass is 10.0. The molecule has 0 radical (unpaired) electrons. The van der Waals surface area contributed by atoms with Gasteiger partial charge in [0, 0.05) is 0 Å². The Morgan fingerprint density at radius 1 is 0.960 bits per heavy atom. The van der Waals surface area contributed by atoms with Crippen molar-refractivity contribution in [1.82, 2.24) is 5.32 Å². The fourth-order valence-electron chi connectivity index (χ4n) is 2.62. The Morgan fingerprint density at radius 2 is 1.60 bits per heavy atom. The van der Waals surface area contributed by atoms with E-state index in [4.69, 9.17) is 9.47 Å². The van der Waals surface area contributed by atoms with E-state index in [1.165, 1.54) is 0 Å². The van der Waals surface area contributed by atoms with Gasteiger partial charge in [0.15, 0.2) is 6.10 Å². The first-order chi connectivity index (χ1) is 11.9. The topological polar surface area (TPSA) is 47.6 Å². The van der Waals surface area contributed by atoms with E-state index in [9.17, 15) is 4.79 Å². The van der Waals surface area contributed by atoms with Crippen molar-refractivity contribution >= 4 is 5.91 Å². The number of carbonyl (C=O) groups excluding carboxylic acids is 1. The third kappa shape index (κ3) is 4.99. The molecule has 0 saturated heterocycles. The summed E-state index contributed by atoms with van der Waals surface area (Å²) in [6.45, 7) is 7.94. The Labute approximate surface area is 150 Å². The van der Waals surface area contributed by atoms with E-state index in [0.717, 1.165) is 22.6 Å². The molecule has 0 fully saturated rings. The molecule has 0 unspecified atom stereocenters. The highest BCUT2D eigenvalue weighted by Crippen LogP contribution is 2.27. The van der Waals surface area contributed by atoms with E-state index < -0.39 is 6.10 Å². The van der Waals surface area contributed by atoms with E-state index in [1.54, 1.807) is 14.0 Å². The summed E-state index contributed by atoms with van der Waals surface area (Å²) in [5, 5.41) is 3.00. The molecule has 25 heavy (non-hydrogen) atoms. The van der Waals surface area contributed by atoms with Crippen molar-refractivity contribution in [2.45, 2.75) is 45.8 Å². The number of hydrogen-bond donors (Lipinski definition) is 1. The molecule has 2 aromatic rings. The van der Waals surface area contributed by atoms with Crippen LogP contribution < -0.4 is 14.8 Å². The SMILES string of the molecule is COc1ccc([C@@H](C)NC(=O)[C@H](C)Oc2ccccc2C(C)C)cc1. The van der Waals surface area contributed by atoms with E-state index in [1.807, 2.05) is 55.5 Å². The predicted octanol–water partition coefficient (Wildman–Crippen LogP) is 4.46. The average Bonchev–Trinajstić information content (AvgIpc) is 2.61.